The van der Waals surface area contributed by atoms with Gasteiger partial charge in [0.1, 0.15) is 0 Å². The minimum absolute atomic E-state index is 0.0791. The number of hydrogen-bond acceptors (Lipinski definition) is 4. The molecule has 2 unspecified atom stereocenters. The molecule has 1 N–H and O–H groups in total. The molecular formula is C13H16N2O3S. The Bertz CT molecular complexity index is 597. The molecule has 0 aromatic carbocycles. The molecule has 0 heterocycles. The van der Waals surface area contributed by atoms with Crippen LogP contribution < -0.4 is 0 Å². The first-order valence-corrected chi connectivity index (χ1v) is 7.54. The van der Waals surface area contributed by atoms with Gasteiger partial charge in [-0.3, -0.25) is 4.55 Å². The fraction of sp³-hybridized carbons (Fsp3) is 0.385. The first-order chi connectivity index (χ1) is 8.95. The monoisotopic (exact) mass is 280 g/mol. The summed E-state index contributed by atoms with van der Waals surface area (Å²) in [7, 11) is -4.11. The van der Waals surface area contributed by atoms with Crippen molar-refractivity contribution in [2.24, 2.45) is 16.1 Å². The molecule has 5 nitrogen and oxygen atoms in total. The summed E-state index contributed by atoms with van der Waals surface area (Å²) in [6.07, 6.45) is 11.9. The van der Waals surface area contributed by atoms with Gasteiger partial charge in [0, 0.05) is 0 Å². The van der Waals surface area contributed by atoms with Crippen LogP contribution in [-0.2, 0) is 10.1 Å². The van der Waals surface area contributed by atoms with Crippen molar-refractivity contribution < 1.29 is 13.0 Å². The lowest BCUT2D eigenvalue weighted by molar-refractivity contribution is 0.491. The third-order valence-corrected chi connectivity index (χ3v) is 3.86. The standard InChI is InChI=1S/C13H16N2O3S/c1-10-2-4-11(5-3-10)14-15-12-6-8-13(9-7-12)19(16,17)18/h2,4-6,8-10,12H,3,7H2,1H3,(H,16,17,18). The Morgan fingerprint density at radius 1 is 1.21 bits per heavy atom. The van der Waals surface area contributed by atoms with Gasteiger partial charge in [-0.05, 0) is 30.9 Å². The minimum Gasteiger partial charge on any atom is -0.282 e. The van der Waals surface area contributed by atoms with Gasteiger partial charge < -0.3 is 0 Å². The molecule has 0 radical (unpaired) electrons. The van der Waals surface area contributed by atoms with Gasteiger partial charge in [-0.2, -0.15) is 18.6 Å². The highest BCUT2D eigenvalue weighted by molar-refractivity contribution is 7.90. The minimum atomic E-state index is -4.11. The van der Waals surface area contributed by atoms with Crippen molar-refractivity contribution in [2.75, 3.05) is 0 Å². The van der Waals surface area contributed by atoms with E-state index >= 15 is 0 Å². The van der Waals surface area contributed by atoms with E-state index in [1.807, 2.05) is 12.2 Å². The Balaban J connectivity index is 1.96. The van der Waals surface area contributed by atoms with Gasteiger partial charge >= 0.3 is 0 Å². The van der Waals surface area contributed by atoms with E-state index in [0.29, 0.717) is 12.3 Å². The number of hydrogen-bond donors (Lipinski definition) is 1. The van der Waals surface area contributed by atoms with Crippen molar-refractivity contribution in [1.29, 1.82) is 0 Å². The third-order valence-electron chi connectivity index (χ3n) is 2.96. The lowest BCUT2D eigenvalue weighted by Crippen LogP contribution is -2.08. The maximum Gasteiger partial charge on any atom is 0.294 e. The van der Waals surface area contributed by atoms with E-state index in [1.54, 1.807) is 6.08 Å². The van der Waals surface area contributed by atoms with E-state index in [1.165, 1.54) is 12.2 Å². The average Bonchev–Trinajstić information content (AvgIpc) is 2.37. The normalized spacial score (nSPS) is 27.5. The van der Waals surface area contributed by atoms with E-state index in [2.05, 4.69) is 23.2 Å². The highest BCUT2D eigenvalue weighted by Gasteiger charge is 2.16. The fourth-order valence-electron chi connectivity index (χ4n) is 1.80. The summed E-state index contributed by atoms with van der Waals surface area (Å²) in [5.74, 6) is 0.536. The van der Waals surface area contributed by atoms with E-state index in [0.717, 1.165) is 12.1 Å². The molecule has 6 heteroatoms. The van der Waals surface area contributed by atoms with Crippen molar-refractivity contribution in [1.82, 2.24) is 0 Å². The van der Waals surface area contributed by atoms with Crippen LogP contribution in [0.2, 0.25) is 0 Å². The molecule has 0 saturated carbocycles. The van der Waals surface area contributed by atoms with Crippen LogP contribution in [0.4, 0.5) is 0 Å². The zero-order chi connectivity index (χ0) is 13.9. The van der Waals surface area contributed by atoms with Crippen LogP contribution in [0, 0.1) is 5.92 Å². The van der Waals surface area contributed by atoms with Crippen molar-refractivity contribution in [3.63, 3.8) is 0 Å². The molecule has 0 fully saturated rings. The van der Waals surface area contributed by atoms with Crippen LogP contribution in [0.1, 0.15) is 19.8 Å². The summed E-state index contributed by atoms with van der Waals surface area (Å²) in [5.41, 5.74) is 0.830. The number of nitrogens with zero attached hydrogens (tertiary/aromatic N) is 2. The second kappa shape index (κ2) is 5.63. The molecule has 0 saturated heterocycles. The molecule has 0 bridgehead atoms. The molecular weight excluding hydrogens is 264 g/mol. The molecule has 19 heavy (non-hydrogen) atoms. The summed E-state index contributed by atoms with van der Waals surface area (Å²) in [5, 5.41) is 8.28. The zero-order valence-electron chi connectivity index (χ0n) is 10.6. The molecule has 102 valence electrons. The number of rotatable bonds is 3. The fourth-order valence-corrected chi connectivity index (χ4v) is 2.35. The first-order valence-electron chi connectivity index (χ1n) is 6.10. The summed E-state index contributed by atoms with van der Waals surface area (Å²) in [6, 6.07) is -0.181. The predicted molar refractivity (Wildman–Crippen MR) is 73.0 cm³/mol. The average molecular weight is 280 g/mol. The molecule has 2 rings (SSSR count). The summed E-state index contributed by atoms with van der Waals surface area (Å²) in [4.78, 5) is -0.0791. The molecule has 0 aliphatic heterocycles. The smallest absolute Gasteiger partial charge is 0.282 e. The van der Waals surface area contributed by atoms with Crippen LogP contribution in [0.5, 0.6) is 0 Å². The Morgan fingerprint density at radius 3 is 2.53 bits per heavy atom. The highest BCUT2D eigenvalue weighted by atomic mass is 32.2. The van der Waals surface area contributed by atoms with Gasteiger partial charge in [-0.1, -0.05) is 31.2 Å². The van der Waals surface area contributed by atoms with Gasteiger partial charge in [0.25, 0.3) is 10.1 Å². The highest BCUT2D eigenvalue weighted by Crippen LogP contribution is 2.20. The molecule has 0 aromatic rings. The summed E-state index contributed by atoms with van der Waals surface area (Å²) >= 11 is 0. The number of allylic oxidation sites excluding steroid dienone is 4. The van der Waals surface area contributed by atoms with Crippen LogP contribution in [-0.4, -0.2) is 19.0 Å². The van der Waals surface area contributed by atoms with E-state index in [4.69, 9.17) is 4.55 Å². The lowest BCUT2D eigenvalue weighted by Gasteiger charge is -2.11. The van der Waals surface area contributed by atoms with Crippen LogP contribution in [0.15, 0.2) is 57.3 Å². The van der Waals surface area contributed by atoms with Crippen LogP contribution >= 0.6 is 0 Å². The maximum absolute atomic E-state index is 10.9. The maximum atomic E-state index is 10.9. The summed E-state index contributed by atoms with van der Waals surface area (Å²) < 4.78 is 30.7. The van der Waals surface area contributed by atoms with E-state index in [9.17, 15) is 8.42 Å². The number of azo groups is 1. The van der Waals surface area contributed by atoms with Crippen molar-refractivity contribution in [3.8, 4) is 0 Å². The summed E-state index contributed by atoms with van der Waals surface area (Å²) in [6.45, 7) is 2.13. The van der Waals surface area contributed by atoms with Crippen LogP contribution in [0.25, 0.3) is 0 Å². The quantitative estimate of drug-likeness (QED) is 0.637. The molecule has 0 amide bonds. The Morgan fingerprint density at radius 2 is 2.00 bits per heavy atom. The van der Waals surface area contributed by atoms with Crippen molar-refractivity contribution in [2.45, 2.75) is 25.8 Å². The van der Waals surface area contributed by atoms with Crippen molar-refractivity contribution >= 4 is 10.1 Å². The lowest BCUT2D eigenvalue weighted by atomic mass is 10.0. The molecule has 0 aromatic heterocycles. The van der Waals surface area contributed by atoms with E-state index in [-0.39, 0.29) is 10.9 Å². The van der Waals surface area contributed by atoms with Gasteiger partial charge in [-0.15, -0.1) is 0 Å². The molecule has 2 atom stereocenters. The van der Waals surface area contributed by atoms with Gasteiger partial charge in [-0.25, -0.2) is 0 Å². The second-order valence-electron chi connectivity index (χ2n) is 4.66. The topological polar surface area (TPSA) is 79.1 Å². The first kappa shape index (κ1) is 13.9. The molecule has 0 spiro atoms. The van der Waals surface area contributed by atoms with Gasteiger partial charge in [0.05, 0.1) is 16.6 Å². The Hall–Kier alpha value is -1.53. The molecule has 2 aliphatic rings. The Labute approximate surface area is 112 Å². The SMILES string of the molecule is CC1C=CC(N=NC2C=CC(S(=O)(=O)O)=CC2)=CC1. The second-order valence-corrected chi connectivity index (χ2v) is 6.08. The van der Waals surface area contributed by atoms with Gasteiger partial charge in [0.15, 0.2) is 0 Å². The largest absolute Gasteiger partial charge is 0.294 e. The van der Waals surface area contributed by atoms with E-state index < -0.39 is 10.1 Å². The van der Waals surface area contributed by atoms with Crippen molar-refractivity contribution in [3.05, 3.63) is 47.1 Å². The van der Waals surface area contributed by atoms with Crippen LogP contribution in [0.3, 0.4) is 0 Å². The predicted octanol–water partition coefficient (Wildman–Crippen LogP) is 3.02. The molecule has 2 aliphatic carbocycles. The Kier molecular flexibility index (Phi) is 4.11. The zero-order valence-corrected chi connectivity index (χ0v) is 11.4. The third kappa shape index (κ3) is 3.97. The van der Waals surface area contributed by atoms with Gasteiger partial charge in [0.2, 0.25) is 0 Å².